The highest BCUT2D eigenvalue weighted by Crippen LogP contribution is 2.34. The number of hydrogen-bond donors (Lipinski definition) is 2. The van der Waals surface area contributed by atoms with Gasteiger partial charge in [-0.3, -0.25) is 14.5 Å². The monoisotopic (exact) mass is 355 g/mol. The fraction of sp³-hybridized carbons (Fsp3) is 0.429. The Morgan fingerprint density at radius 3 is 2.90 bits per heavy atom. The van der Waals surface area contributed by atoms with Crippen LogP contribution in [-0.2, 0) is 9.59 Å². The zero-order valence-corrected chi connectivity index (χ0v) is 13.6. The van der Waals surface area contributed by atoms with Crippen molar-refractivity contribution in [2.24, 2.45) is 5.73 Å². The predicted molar refractivity (Wildman–Crippen MR) is 83.3 cm³/mol. The lowest BCUT2D eigenvalue weighted by molar-refractivity contribution is -0.125. The number of nitrogens with zero attached hydrogens (tertiary/aromatic N) is 1. The lowest BCUT2D eigenvalue weighted by atomic mass is 10.1. The average molecular weight is 356 g/mol. The zero-order valence-electron chi connectivity index (χ0n) is 12.0. The molecule has 0 radical (unpaired) electrons. The summed E-state index contributed by atoms with van der Waals surface area (Å²) in [6.07, 6.45) is 0. The number of rotatable bonds is 4. The van der Waals surface area contributed by atoms with Gasteiger partial charge in [0.25, 0.3) is 5.91 Å². The van der Waals surface area contributed by atoms with Crippen LogP contribution in [0, 0.1) is 0 Å². The summed E-state index contributed by atoms with van der Waals surface area (Å²) >= 11 is 3.35. The van der Waals surface area contributed by atoms with Crippen molar-refractivity contribution < 1.29 is 14.3 Å². The third-order valence-electron chi connectivity index (χ3n) is 2.91. The summed E-state index contributed by atoms with van der Waals surface area (Å²) in [6, 6.07) is 5.32. The molecule has 21 heavy (non-hydrogen) atoms. The first kappa shape index (κ1) is 15.8. The van der Waals surface area contributed by atoms with E-state index in [2.05, 4.69) is 21.2 Å². The number of nitrogens with two attached hydrogens (primary N) is 1. The summed E-state index contributed by atoms with van der Waals surface area (Å²) in [5, 5.41) is 2.72. The van der Waals surface area contributed by atoms with Gasteiger partial charge in [0.15, 0.2) is 6.61 Å². The van der Waals surface area contributed by atoms with E-state index in [1.807, 2.05) is 13.8 Å². The van der Waals surface area contributed by atoms with Crippen LogP contribution < -0.4 is 20.7 Å². The van der Waals surface area contributed by atoms with Gasteiger partial charge in [-0.05, 0) is 32.0 Å². The SMILES string of the molecule is CC(C)(N)CNC(=O)CN1C(=O)COc2cc(Br)ccc21. The van der Waals surface area contributed by atoms with E-state index in [0.29, 0.717) is 18.0 Å². The topological polar surface area (TPSA) is 84.7 Å². The second-order valence-electron chi connectivity index (χ2n) is 5.65. The van der Waals surface area contributed by atoms with Crippen molar-refractivity contribution in [1.82, 2.24) is 5.32 Å². The first-order chi connectivity index (χ1) is 9.76. The Labute approximate surface area is 131 Å². The van der Waals surface area contributed by atoms with Crippen LogP contribution in [0.4, 0.5) is 5.69 Å². The minimum absolute atomic E-state index is 0.0487. The molecule has 1 aliphatic rings. The number of carbonyl (C=O) groups is 2. The molecule has 1 heterocycles. The van der Waals surface area contributed by atoms with E-state index in [-0.39, 0.29) is 25.0 Å². The van der Waals surface area contributed by atoms with Gasteiger partial charge in [0.1, 0.15) is 12.3 Å². The van der Waals surface area contributed by atoms with E-state index in [1.165, 1.54) is 4.90 Å². The molecule has 0 saturated carbocycles. The number of hydrogen-bond acceptors (Lipinski definition) is 4. The van der Waals surface area contributed by atoms with Crippen molar-refractivity contribution in [2.45, 2.75) is 19.4 Å². The summed E-state index contributed by atoms with van der Waals surface area (Å²) in [5.41, 5.74) is 5.92. The highest BCUT2D eigenvalue weighted by molar-refractivity contribution is 9.10. The van der Waals surface area contributed by atoms with Crippen LogP contribution in [0.1, 0.15) is 13.8 Å². The smallest absolute Gasteiger partial charge is 0.265 e. The highest BCUT2D eigenvalue weighted by atomic mass is 79.9. The van der Waals surface area contributed by atoms with Gasteiger partial charge < -0.3 is 15.8 Å². The summed E-state index contributed by atoms with van der Waals surface area (Å²) in [6.45, 7) is 3.86. The summed E-state index contributed by atoms with van der Waals surface area (Å²) in [4.78, 5) is 25.4. The quantitative estimate of drug-likeness (QED) is 0.844. The molecule has 2 rings (SSSR count). The van der Waals surface area contributed by atoms with E-state index < -0.39 is 5.54 Å². The van der Waals surface area contributed by atoms with E-state index in [9.17, 15) is 9.59 Å². The number of nitrogens with one attached hydrogen (secondary N) is 1. The Kier molecular flexibility index (Phi) is 4.53. The molecule has 0 fully saturated rings. The van der Waals surface area contributed by atoms with Crippen LogP contribution in [0.5, 0.6) is 5.75 Å². The fourth-order valence-electron chi connectivity index (χ4n) is 1.88. The molecule has 0 unspecified atom stereocenters. The Balaban J connectivity index is 2.09. The molecule has 3 N–H and O–H groups in total. The number of benzene rings is 1. The van der Waals surface area contributed by atoms with E-state index >= 15 is 0 Å². The van der Waals surface area contributed by atoms with Gasteiger partial charge in [-0.15, -0.1) is 0 Å². The van der Waals surface area contributed by atoms with Crippen molar-refractivity contribution in [3.63, 3.8) is 0 Å². The van der Waals surface area contributed by atoms with Crippen molar-refractivity contribution in [1.29, 1.82) is 0 Å². The third-order valence-corrected chi connectivity index (χ3v) is 3.40. The molecule has 6 nitrogen and oxygen atoms in total. The molecule has 1 aliphatic heterocycles. The van der Waals surface area contributed by atoms with Crippen molar-refractivity contribution in [3.8, 4) is 5.75 Å². The second-order valence-corrected chi connectivity index (χ2v) is 6.56. The second kappa shape index (κ2) is 6.03. The molecule has 0 saturated heterocycles. The van der Waals surface area contributed by atoms with Crippen LogP contribution in [0.15, 0.2) is 22.7 Å². The Morgan fingerprint density at radius 1 is 1.52 bits per heavy atom. The molecule has 0 spiro atoms. The Hall–Kier alpha value is -1.60. The van der Waals surface area contributed by atoms with Gasteiger partial charge in [0.2, 0.25) is 5.91 Å². The first-order valence-electron chi connectivity index (χ1n) is 6.54. The van der Waals surface area contributed by atoms with Crippen molar-refractivity contribution in [3.05, 3.63) is 22.7 Å². The molecule has 7 heteroatoms. The number of halogens is 1. The maximum absolute atomic E-state index is 12.0. The van der Waals surface area contributed by atoms with E-state index in [0.717, 1.165) is 4.47 Å². The predicted octanol–water partition coefficient (Wildman–Crippen LogP) is 1.03. The van der Waals surface area contributed by atoms with Crippen LogP contribution in [-0.4, -0.2) is 37.0 Å². The zero-order chi connectivity index (χ0) is 15.6. The van der Waals surface area contributed by atoms with Crippen LogP contribution in [0.2, 0.25) is 0 Å². The third kappa shape index (κ3) is 4.18. The van der Waals surface area contributed by atoms with Crippen molar-refractivity contribution in [2.75, 3.05) is 24.6 Å². The van der Waals surface area contributed by atoms with Crippen LogP contribution in [0.3, 0.4) is 0 Å². The molecule has 0 aliphatic carbocycles. The van der Waals surface area contributed by atoms with Gasteiger partial charge in [0.05, 0.1) is 5.69 Å². The largest absolute Gasteiger partial charge is 0.482 e. The molecule has 0 bridgehead atoms. The lowest BCUT2D eigenvalue weighted by Gasteiger charge is -2.29. The maximum Gasteiger partial charge on any atom is 0.265 e. The number of carbonyl (C=O) groups excluding carboxylic acids is 2. The van der Waals surface area contributed by atoms with Gasteiger partial charge in [0, 0.05) is 16.6 Å². The molecular formula is C14H18BrN3O3. The summed E-state index contributed by atoms with van der Waals surface area (Å²) in [5.74, 6) is 0.0838. The summed E-state index contributed by atoms with van der Waals surface area (Å²) < 4.78 is 6.22. The van der Waals surface area contributed by atoms with E-state index in [1.54, 1.807) is 18.2 Å². The standard InChI is InChI=1S/C14H18BrN3O3/c1-14(2,16)8-17-12(19)6-18-10-4-3-9(15)5-11(10)21-7-13(18)20/h3-5H,6-8,16H2,1-2H3,(H,17,19). The minimum Gasteiger partial charge on any atom is -0.482 e. The Bertz CT molecular complexity index is 569. The molecular weight excluding hydrogens is 338 g/mol. The number of amides is 2. The molecule has 0 atom stereocenters. The molecule has 114 valence electrons. The highest BCUT2D eigenvalue weighted by Gasteiger charge is 2.27. The summed E-state index contributed by atoms with van der Waals surface area (Å²) in [7, 11) is 0. The van der Waals surface area contributed by atoms with Crippen LogP contribution in [0.25, 0.3) is 0 Å². The minimum atomic E-state index is -0.493. The van der Waals surface area contributed by atoms with E-state index in [4.69, 9.17) is 10.5 Å². The normalized spacial score (nSPS) is 14.5. The number of fused-ring (bicyclic) bond motifs is 1. The molecule has 2 amide bonds. The van der Waals surface area contributed by atoms with Gasteiger partial charge >= 0.3 is 0 Å². The molecule has 1 aromatic carbocycles. The average Bonchev–Trinajstić information content (AvgIpc) is 2.39. The van der Waals surface area contributed by atoms with Crippen molar-refractivity contribution >= 4 is 33.4 Å². The number of anilines is 1. The van der Waals surface area contributed by atoms with Gasteiger partial charge in [-0.1, -0.05) is 15.9 Å². The maximum atomic E-state index is 12.0. The molecule has 0 aromatic heterocycles. The van der Waals surface area contributed by atoms with Crippen LogP contribution >= 0.6 is 15.9 Å². The number of ether oxygens (including phenoxy) is 1. The Morgan fingerprint density at radius 2 is 2.24 bits per heavy atom. The van der Waals surface area contributed by atoms with Gasteiger partial charge in [-0.25, -0.2) is 0 Å². The fourth-order valence-corrected chi connectivity index (χ4v) is 2.22. The first-order valence-corrected chi connectivity index (χ1v) is 7.34. The van der Waals surface area contributed by atoms with Gasteiger partial charge in [-0.2, -0.15) is 0 Å². The lowest BCUT2D eigenvalue weighted by Crippen LogP contribution is -2.49. The molecule has 1 aromatic rings.